The first-order valence-corrected chi connectivity index (χ1v) is 9.90. The zero-order valence-electron chi connectivity index (χ0n) is 16.5. The summed E-state index contributed by atoms with van der Waals surface area (Å²) in [6.07, 6.45) is -0.717. The summed E-state index contributed by atoms with van der Waals surface area (Å²) in [7, 11) is 1.63. The lowest BCUT2D eigenvalue weighted by Crippen LogP contribution is -2.49. The van der Waals surface area contributed by atoms with Crippen molar-refractivity contribution >= 4 is 0 Å². The Morgan fingerprint density at radius 3 is 2.41 bits per heavy atom. The molecule has 0 saturated carbocycles. The summed E-state index contributed by atoms with van der Waals surface area (Å²) in [5, 5.41) is 19.7. The highest BCUT2D eigenvalue weighted by Gasteiger charge is 2.24. The minimum Gasteiger partial charge on any atom is -0.493 e. The van der Waals surface area contributed by atoms with Crippen LogP contribution in [0.3, 0.4) is 0 Å². The Bertz CT molecular complexity index is 587. The second kappa shape index (κ2) is 9.71. The lowest BCUT2D eigenvalue weighted by atomic mass is 10.1. The SMILES string of the molecule is CCN1CCN(CC(O)COc2ccc(CN3CC(O)C3)cc2OC)CC1. The molecular weight excluding hydrogens is 346 g/mol. The van der Waals surface area contributed by atoms with E-state index in [1.54, 1.807) is 7.11 Å². The summed E-state index contributed by atoms with van der Waals surface area (Å²) >= 11 is 0. The van der Waals surface area contributed by atoms with Gasteiger partial charge in [-0.05, 0) is 24.2 Å². The molecule has 0 spiro atoms. The number of aliphatic hydroxyl groups excluding tert-OH is 2. The van der Waals surface area contributed by atoms with Crippen LogP contribution in [0, 0.1) is 0 Å². The first-order valence-electron chi connectivity index (χ1n) is 9.90. The predicted molar refractivity (Wildman–Crippen MR) is 104 cm³/mol. The molecule has 1 atom stereocenters. The van der Waals surface area contributed by atoms with E-state index in [1.165, 1.54) is 0 Å². The molecule has 2 fully saturated rings. The highest BCUT2D eigenvalue weighted by atomic mass is 16.5. The van der Waals surface area contributed by atoms with Crippen molar-refractivity contribution < 1.29 is 19.7 Å². The second-order valence-electron chi connectivity index (χ2n) is 7.53. The molecule has 1 unspecified atom stereocenters. The van der Waals surface area contributed by atoms with Crippen LogP contribution in [0.15, 0.2) is 18.2 Å². The molecule has 152 valence electrons. The second-order valence-corrected chi connectivity index (χ2v) is 7.53. The van der Waals surface area contributed by atoms with Crippen LogP contribution in [0.2, 0.25) is 0 Å². The van der Waals surface area contributed by atoms with Crippen LogP contribution in [0.1, 0.15) is 12.5 Å². The molecule has 0 amide bonds. The maximum absolute atomic E-state index is 10.3. The predicted octanol–water partition coefficient (Wildman–Crippen LogP) is 0.249. The van der Waals surface area contributed by atoms with Crippen LogP contribution in [0.4, 0.5) is 0 Å². The number of benzene rings is 1. The van der Waals surface area contributed by atoms with Crippen molar-refractivity contribution in [3.63, 3.8) is 0 Å². The van der Waals surface area contributed by atoms with Crippen molar-refractivity contribution in [1.29, 1.82) is 0 Å². The largest absolute Gasteiger partial charge is 0.493 e. The summed E-state index contributed by atoms with van der Waals surface area (Å²) in [6.45, 7) is 10.5. The third-order valence-electron chi connectivity index (χ3n) is 5.38. The van der Waals surface area contributed by atoms with Crippen LogP contribution in [0.25, 0.3) is 0 Å². The van der Waals surface area contributed by atoms with E-state index in [-0.39, 0.29) is 12.7 Å². The minimum absolute atomic E-state index is 0.194. The summed E-state index contributed by atoms with van der Waals surface area (Å²) in [5.74, 6) is 1.33. The fraction of sp³-hybridized carbons (Fsp3) is 0.700. The molecule has 1 aromatic rings. The number of nitrogens with zero attached hydrogens (tertiary/aromatic N) is 3. The van der Waals surface area contributed by atoms with Gasteiger partial charge < -0.3 is 24.6 Å². The summed E-state index contributed by atoms with van der Waals surface area (Å²) in [6, 6.07) is 5.88. The first kappa shape index (κ1) is 20.4. The number of piperazine rings is 1. The average molecular weight is 380 g/mol. The molecule has 0 bridgehead atoms. The molecule has 2 aliphatic heterocycles. The van der Waals surface area contributed by atoms with Gasteiger partial charge >= 0.3 is 0 Å². The number of methoxy groups -OCH3 is 1. The standard InChI is InChI=1S/C20H33N3O4/c1-3-21-6-8-22(9-7-21)14-18(25)15-27-19-5-4-16(10-20(19)26-2)11-23-12-17(24)13-23/h4-5,10,17-18,24-25H,3,6-9,11-15H2,1-2H3. The zero-order chi connectivity index (χ0) is 19.2. The number of rotatable bonds is 9. The Morgan fingerprint density at radius 1 is 1.07 bits per heavy atom. The van der Waals surface area contributed by atoms with E-state index >= 15 is 0 Å². The number of likely N-dealkylation sites (tertiary alicyclic amines) is 1. The Labute approximate surface area is 162 Å². The Kier molecular flexibility index (Phi) is 7.32. The summed E-state index contributed by atoms with van der Waals surface area (Å²) in [5.41, 5.74) is 1.13. The molecule has 1 aromatic carbocycles. The van der Waals surface area contributed by atoms with Crippen molar-refractivity contribution in [1.82, 2.24) is 14.7 Å². The number of β-amino-alcohol motifs (C(OH)–C–C–N with tert-alkyl or cyclic N) is 2. The van der Waals surface area contributed by atoms with Crippen molar-refractivity contribution in [2.75, 3.05) is 66.1 Å². The molecule has 7 heteroatoms. The van der Waals surface area contributed by atoms with Crippen LogP contribution in [-0.2, 0) is 6.54 Å². The zero-order valence-corrected chi connectivity index (χ0v) is 16.5. The molecule has 0 radical (unpaired) electrons. The van der Waals surface area contributed by atoms with Gasteiger partial charge in [-0.3, -0.25) is 9.80 Å². The van der Waals surface area contributed by atoms with Gasteiger partial charge in [0.2, 0.25) is 0 Å². The summed E-state index contributed by atoms with van der Waals surface area (Å²) < 4.78 is 11.3. The van der Waals surface area contributed by atoms with Crippen LogP contribution in [0.5, 0.6) is 11.5 Å². The van der Waals surface area contributed by atoms with Crippen LogP contribution >= 0.6 is 0 Å². The third kappa shape index (κ3) is 5.80. The number of hydrogen-bond donors (Lipinski definition) is 2. The van der Waals surface area contributed by atoms with Crippen molar-refractivity contribution in [3.05, 3.63) is 23.8 Å². The average Bonchev–Trinajstić information content (AvgIpc) is 2.66. The fourth-order valence-electron chi connectivity index (χ4n) is 3.68. The van der Waals surface area contributed by atoms with E-state index in [1.807, 2.05) is 18.2 Å². The van der Waals surface area contributed by atoms with E-state index in [4.69, 9.17) is 9.47 Å². The minimum atomic E-state index is -0.523. The van der Waals surface area contributed by atoms with E-state index in [0.717, 1.165) is 57.9 Å². The van der Waals surface area contributed by atoms with E-state index in [2.05, 4.69) is 21.6 Å². The number of likely N-dealkylation sites (N-methyl/N-ethyl adjacent to an activating group) is 1. The van der Waals surface area contributed by atoms with Crippen molar-refractivity contribution in [2.45, 2.75) is 25.7 Å². The van der Waals surface area contributed by atoms with E-state index in [0.29, 0.717) is 18.0 Å². The van der Waals surface area contributed by atoms with Gasteiger partial charge in [0.1, 0.15) is 12.7 Å². The van der Waals surface area contributed by atoms with Crippen molar-refractivity contribution in [3.8, 4) is 11.5 Å². The number of aliphatic hydroxyl groups is 2. The monoisotopic (exact) mass is 379 g/mol. The third-order valence-corrected chi connectivity index (χ3v) is 5.38. The molecule has 7 nitrogen and oxygen atoms in total. The lowest BCUT2D eigenvalue weighted by molar-refractivity contribution is -0.00290. The van der Waals surface area contributed by atoms with Gasteiger partial charge in [-0.15, -0.1) is 0 Å². The number of hydrogen-bond acceptors (Lipinski definition) is 7. The van der Waals surface area contributed by atoms with E-state index < -0.39 is 6.10 Å². The van der Waals surface area contributed by atoms with Gasteiger partial charge in [-0.2, -0.15) is 0 Å². The molecule has 27 heavy (non-hydrogen) atoms. The van der Waals surface area contributed by atoms with Gasteiger partial charge in [0.15, 0.2) is 11.5 Å². The number of ether oxygens (including phenoxy) is 2. The van der Waals surface area contributed by atoms with Gasteiger partial charge in [0.05, 0.1) is 13.2 Å². The van der Waals surface area contributed by atoms with E-state index in [9.17, 15) is 10.2 Å². The van der Waals surface area contributed by atoms with Crippen molar-refractivity contribution in [2.24, 2.45) is 0 Å². The van der Waals surface area contributed by atoms with Gasteiger partial charge in [-0.25, -0.2) is 0 Å². The maximum Gasteiger partial charge on any atom is 0.161 e. The van der Waals surface area contributed by atoms with Gasteiger partial charge in [-0.1, -0.05) is 13.0 Å². The normalized spacial score (nSPS) is 21.0. The fourth-order valence-corrected chi connectivity index (χ4v) is 3.68. The molecule has 2 saturated heterocycles. The Hall–Kier alpha value is -1.38. The highest BCUT2D eigenvalue weighted by Crippen LogP contribution is 2.29. The molecule has 2 N–H and O–H groups in total. The molecule has 3 rings (SSSR count). The molecule has 2 aliphatic rings. The Morgan fingerprint density at radius 2 is 1.78 bits per heavy atom. The first-order chi connectivity index (χ1) is 13.1. The van der Waals surface area contributed by atoms with Crippen LogP contribution < -0.4 is 9.47 Å². The van der Waals surface area contributed by atoms with Gasteiger partial charge in [0.25, 0.3) is 0 Å². The molecular formula is C20H33N3O4. The lowest BCUT2D eigenvalue weighted by Gasteiger charge is -2.35. The van der Waals surface area contributed by atoms with Gasteiger partial charge in [0, 0.05) is 52.4 Å². The summed E-state index contributed by atoms with van der Waals surface area (Å²) in [4.78, 5) is 6.90. The Balaban J connectivity index is 1.45. The molecule has 0 aromatic heterocycles. The molecule has 2 heterocycles. The maximum atomic E-state index is 10.3. The highest BCUT2D eigenvalue weighted by molar-refractivity contribution is 5.43. The van der Waals surface area contributed by atoms with Crippen LogP contribution in [-0.4, -0.2) is 103 Å². The smallest absolute Gasteiger partial charge is 0.161 e. The molecule has 0 aliphatic carbocycles. The quantitative estimate of drug-likeness (QED) is 0.637. The topological polar surface area (TPSA) is 68.6 Å².